The van der Waals surface area contributed by atoms with Crippen LogP contribution in [0.4, 0.5) is 5.82 Å². The van der Waals surface area contributed by atoms with Gasteiger partial charge in [0.1, 0.15) is 0 Å². The van der Waals surface area contributed by atoms with Gasteiger partial charge in [-0.15, -0.1) is 0 Å². The zero-order valence-electron chi connectivity index (χ0n) is 8.16. The minimum atomic E-state index is -0.626. The van der Waals surface area contributed by atoms with Gasteiger partial charge < -0.3 is 16.5 Å². The molecule has 1 aromatic rings. The van der Waals surface area contributed by atoms with Gasteiger partial charge in [-0.1, -0.05) is 0 Å². The highest BCUT2D eigenvalue weighted by Crippen LogP contribution is 2.16. The highest BCUT2D eigenvalue weighted by Gasteiger charge is 2.12. The molecule has 0 fully saturated rings. The van der Waals surface area contributed by atoms with Crippen molar-refractivity contribution >= 4 is 33.6 Å². The molecule has 1 aromatic heterocycles. The van der Waals surface area contributed by atoms with Crippen molar-refractivity contribution in [1.29, 1.82) is 0 Å². The summed E-state index contributed by atoms with van der Waals surface area (Å²) in [4.78, 5) is 26.0. The molecule has 0 aromatic carbocycles. The third kappa shape index (κ3) is 3.17. The number of nitrogens with zero attached hydrogens (tertiary/aromatic N) is 1. The van der Waals surface area contributed by atoms with Gasteiger partial charge in [0.25, 0.3) is 5.91 Å². The molecule has 0 bridgehead atoms. The standard InChI is InChI=1S/C8H10BrN5O2/c9-4-1-5(7(14-11)12-2-4)8(16)13-3-6(10)15/h1-2H,3,11H2,(H2,10,15)(H,12,14)(H,13,16). The maximum atomic E-state index is 11.6. The quantitative estimate of drug-likeness (QED) is 0.433. The first kappa shape index (κ1) is 12.4. The van der Waals surface area contributed by atoms with E-state index < -0.39 is 11.8 Å². The van der Waals surface area contributed by atoms with Crippen LogP contribution in [0.15, 0.2) is 16.7 Å². The molecule has 0 aliphatic carbocycles. The van der Waals surface area contributed by atoms with Crippen molar-refractivity contribution in [3.05, 3.63) is 22.3 Å². The average Bonchev–Trinajstić information content (AvgIpc) is 2.25. The molecule has 1 rings (SSSR count). The van der Waals surface area contributed by atoms with Gasteiger partial charge >= 0.3 is 0 Å². The fraction of sp³-hybridized carbons (Fsp3) is 0.125. The van der Waals surface area contributed by atoms with E-state index in [1.54, 1.807) is 0 Å². The number of carbonyl (C=O) groups excluding carboxylic acids is 2. The monoisotopic (exact) mass is 287 g/mol. The van der Waals surface area contributed by atoms with E-state index >= 15 is 0 Å². The van der Waals surface area contributed by atoms with E-state index in [2.05, 4.69) is 31.7 Å². The maximum absolute atomic E-state index is 11.6. The minimum absolute atomic E-state index is 0.213. The number of rotatable bonds is 4. The molecule has 6 N–H and O–H groups in total. The molecule has 1 heterocycles. The third-order valence-electron chi connectivity index (χ3n) is 1.66. The highest BCUT2D eigenvalue weighted by atomic mass is 79.9. The number of primary amides is 1. The molecule has 0 radical (unpaired) electrons. The lowest BCUT2D eigenvalue weighted by atomic mass is 10.2. The van der Waals surface area contributed by atoms with Gasteiger partial charge in [0.2, 0.25) is 5.91 Å². The fourth-order valence-corrected chi connectivity index (χ4v) is 1.32. The average molecular weight is 288 g/mol. The second kappa shape index (κ2) is 5.42. The molecule has 7 nitrogen and oxygen atoms in total. The van der Waals surface area contributed by atoms with Crippen molar-refractivity contribution in [1.82, 2.24) is 10.3 Å². The molecular formula is C8H10BrN5O2. The number of carbonyl (C=O) groups is 2. The van der Waals surface area contributed by atoms with E-state index in [9.17, 15) is 9.59 Å². The molecular weight excluding hydrogens is 278 g/mol. The molecule has 2 amide bonds. The molecule has 0 spiro atoms. The smallest absolute Gasteiger partial charge is 0.255 e. The lowest BCUT2D eigenvalue weighted by Crippen LogP contribution is -2.34. The summed E-state index contributed by atoms with van der Waals surface area (Å²) in [6.45, 7) is -0.241. The first-order valence-corrected chi connectivity index (χ1v) is 5.02. The van der Waals surface area contributed by atoms with Crippen LogP contribution >= 0.6 is 15.9 Å². The van der Waals surface area contributed by atoms with Gasteiger partial charge in [0.15, 0.2) is 5.82 Å². The molecule has 0 unspecified atom stereocenters. The van der Waals surface area contributed by atoms with Gasteiger partial charge in [0, 0.05) is 10.7 Å². The first-order valence-electron chi connectivity index (χ1n) is 4.23. The summed E-state index contributed by atoms with van der Waals surface area (Å²) in [5, 5.41) is 2.33. The predicted octanol–water partition coefficient (Wildman–Crippen LogP) is -0.655. The van der Waals surface area contributed by atoms with Crippen molar-refractivity contribution in [3.63, 3.8) is 0 Å². The molecule has 0 atom stereocenters. The zero-order chi connectivity index (χ0) is 12.1. The Hall–Kier alpha value is -1.67. The zero-order valence-corrected chi connectivity index (χ0v) is 9.74. The molecule has 0 saturated heterocycles. The van der Waals surface area contributed by atoms with E-state index in [0.29, 0.717) is 4.47 Å². The predicted molar refractivity (Wildman–Crippen MR) is 61.3 cm³/mol. The summed E-state index contributed by atoms with van der Waals surface area (Å²) in [5.74, 6) is 4.30. The number of halogens is 1. The molecule has 0 aliphatic rings. The van der Waals surface area contributed by atoms with Crippen LogP contribution in [-0.2, 0) is 4.79 Å². The van der Waals surface area contributed by atoms with Crippen molar-refractivity contribution in [2.45, 2.75) is 0 Å². The summed E-state index contributed by atoms with van der Waals surface area (Å²) in [6.07, 6.45) is 1.49. The minimum Gasteiger partial charge on any atom is -0.368 e. The Labute approximate surface area is 99.7 Å². The number of nitrogens with one attached hydrogen (secondary N) is 2. The highest BCUT2D eigenvalue weighted by molar-refractivity contribution is 9.10. The Morgan fingerprint density at radius 2 is 2.19 bits per heavy atom. The van der Waals surface area contributed by atoms with Crippen LogP contribution in [0.1, 0.15) is 10.4 Å². The number of pyridine rings is 1. The number of nitrogens with two attached hydrogens (primary N) is 2. The first-order chi connectivity index (χ1) is 7.54. The molecule has 16 heavy (non-hydrogen) atoms. The summed E-state index contributed by atoms with van der Waals surface area (Å²) < 4.78 is 0.621. The van der Waals surface area contributed by atoms with Crippen LogP contribution in [0.2, 0.25) is 0 Å². The fourth-order valence-electron chi connectivity index (χ4n) is 0.990. The number of anilines is 1. The van der Waals surface area contributed by atoms with Crippen molar-refractivity contribution < 1.29 is 9.59 Å². The van der Waals surface area contributed by atoms with Gasteiger partial charge in [-0.05, 0) is 22.0 Å². The Morgan fingerprint density at radius 3 is 2.75 bits per heavy atom. The Bertz CT molecular complexity index is 423. The van der Waals surface area contributed by atoms with E-state index in [4.69, 9.17) is 11.6 Å². The van der Waals surface area contributed by atoms with Crippen LogP contribution in [0.25, 0.3) is 0 Å². The molecule has 86 valence electrons. The number of amides is 2. The van der Waals surface area contributed by atoms with Crippen molar-refractivity contribution in [2.24, 2.45) is 11.6 Å². The van der Waals surface area contributed by atoms with E-state index in [1.165, 1.54) is 12.3 Å². The second-order valence-corrected chi connectivity index (χ2v) is 3.76. The molecule has 0 aliphatic heterocycles. The number of nitrogen functional groups attached to an aromatic ring is 1. The third-order valence-corrected chi connectivity index (χ3v) is 2.09. The molecule has 0 saturated carbocycles. The van der Waals surface area contributed by atoms with E-state index in [0.717, 1.165) is 0 Å². The molecule has 8 heteroatoms. The SMILES string of the molecule is NNc1ncc(Br)cc1C(=O)NCC(N)=O. The maximum Gasteiger partial charge on any atom is 0.255 e. The largest absolute Gasteiger partial charge is 0.368 e. The lowest BCUT2D eigenvalue weighted by Gasteiger charge is -2.07. The summed E-state index contributed by atoms with van der Waals surface area (Å²) in [6, 6.07) is 1.53. The van der Waals surface area contributed by atoms with Crippen molar-refractivity contribution in [2.75, 3.05) is 12.0 Å². The normalized spacial score (nSPS) is 9.62. The van der Waals surface area contributed by atoms with Crippen LogP contribution in [-0.4, -0.2) is 23.3 Å². The second-order valence-electron chi connectivity index (χ2n) is 2.84. The summed E-state index contributed by atoms with van der Waals surface area (Å²) in [5.41, 5.74) is 7.40. The van der Waals surface area contributed by atoms with Crippen LogP contribution in [0.5, 0.6) is 0 Å². The van der Waals surface area contributed by atoms with E-state index in [1.807, 2.05) is 0 Å². The van der Waals surface area contributed by atoms with Gasteiger partial charge in [-0.3, -0.25) is 9.59 Å². The number of hydrazine groups is 1. The number of hydrogen-bond acceptors (Lipinski definition) is 5. The van der Waals surface area contributed by atoms with E-state index in [-0.39, 0.29) is 17.9 Å². The van der Waals surface area contributed by atoms with Gasteiger partial charge in [-0.2, -0.15) is 0 Å². The van der Waals surface area contributed by atoms with Gasteiger partial charge in [-0.25, -0.2) is 10.8 Å². The summed E-state index contributed by atoms with van der Waals surface area (Å²) >= 11 is 3.17. The van der Waals surface area contributed by atoms with Crippen LogP contribution in [0.3, 0.4) is 0 Å². The number of hydrogen-bond donors (Lipinski definition) is 4. The topological polar surface area (TPSA) is 123 Å². The Kier molecular flexibility index (Phi) is 4.20. The Balaban J connectivity index is 2.88. The van der Waals surface area contributed by atoms with Crippen molar-refractivity contribution in [3.8, 4) is 0 Å². The number of aromatic nitrogens is 1. The van der Waals surface area contributed by atoms with Crippen LogP contribution in [0, 0.1) is 0 Å². The van der Waals surface area contributed by atoms with Gasteiger partial charge in [0.05, 0.1) is 12.1 Å². The Morgan fingerprint density at radius 1 is 1.50 bits per heavy atom. The van der Waals surface area contributed by atoms with Crippen LogP contribution < -0.4 is 22.3 Å². The lowest BCUT2D eigenvalue weighted by molar-refractivity contribution is -0.117. The summed E-state index contributed by atoms with van der Waals surface area (Å²) in [7, 11) is 0.